The lowest BCUT2D eigenvalue weighted by molar-refractivity contribution is -0.130. The maximum Gasteiger partial charge on any atom is 0.239 e. The number of aromatic hydroxyl groups is 1. The van der Waals surface area contributed by atoms with Crippen LogP contribution in [0.15, 0.2) is 48.5 Å². The minimum atomic E-state index is -0.340. The van der Waals surface area contributed by atoms with E-state index in [1.165, 1.54) is 0 Å². The monoisotopic (exact) mass is 368 g/mol. The van der Waals surface area contributed by atoms with Gasteiger partial charge in [-0.1, -0.05) is 69.3 Å². The van der Waals surface area contributed by atoms with E-state index in [0.29, 0.717) is 18.7 Å². The molecule has 4 heteroatoms. The number of para-hydroxylation sites is 1. The van der Waals surface area contributed by atoms with Crippen molar-refractivity contribution in [3.63, 3.8) is 0 Å². The lowest BCUT2D eigenvalue weighted by Crippen LogP contribution is -2.44. The second kappa shape index (κ2) is 9.05. The van der Waals surface area contributed by atoms with Crippen molar-refractivity contribution in [2.45, 2.75) is 46.2 Å². The molecule has 0 bridgehead atoms. The van der Waals surface area contributed by atoms with Crippen molar-refractivity contribution in [1.29, 1.82) is 0 Å². The zero-order valence-electron chi connectivity index (χ0n) is 17.1. The molecule has 2 rings (SSSR count). The molecule has 4 nitrogen and oxygen atoms in total. The summed E-state index contributed by atoms with van der Waals surface area (Å²) in [6, 6.07) is 15.5. The van der Waals surface area contributed by atoms with Gasteiger partial charge in [-0.05, 0) is 29.4 Å². The first-order chi connectivity index (χ1) is 12.7. The summed E-state index contributed by atoms with van der Waals surface area (Å²) in [4.78, 5) is 14.2. The first-order valence-corrected chi connectivity index (χ1v) is 9.45. The molecule has 0 heterocycles. The molecule has 1 unspecified atom stereocenters. The molecule has 27 heavy (non-hydrogen) atoms. The van der Waals surface area contributed by atoms with Crippen LogP contribution in [0.5, 0.6) is 5.75 Å². The van der Waals surface area contributed by atoms with Crippen molar-refractivity contribution < 1.29 is 9.90 Å². The second-order valence-corrected chi connectivity index (χ2v) is 8.52. The average molecular weight is 369 g/mol. The minimum Gasteiger partial charge on any atom is -0.507 e. The molecule has 2 N–H and O–H groups in total. The van der Waals surface area contributed by atoms with Crippen molar-refractivity contribution in [2.75, 3.05) is 14.1 Å². The van der Waals surface area contributed by atoms with Gasteiger partial charge in [0.25, 0.3) is 0 Å². The quantitative estimate of drug-likeness (QED) is 0.782. The molecule has 0 radical (unpaired) electrons. The van der Waals surface area contributed by atoms with Crippen LogP contribution in [0.3, 0.4) is 0 Å². The minimum absolute atomic E-state index is 0.0317. The van der Waals surface area contributed by atoms with Crippen LogP contribution in [0.1, 0.15) is 37.5 Å². The van der Waals surface area contributed by atoms with E-state index in [9.17, 15) is 9.90 Å². The van der Waals surface area contributed by atoms with Crippen molar-refractivity contribution in [1.82, 2.24) is 10.2 Å². The smallest absolute Gasteiger partial charge is 0.239 e. The largest absolute Gasteiger partial charge is 0.507 e. The summed E-state index contributed by atoms with van der Waals surface area (Å²) >= 11 is 0. The van der Waals surface area contributed by atoms with E-state index in [1.807, 2.05) is 48.5 Å². The third-order valence-electron chi connectivity index (χ3n) is 4.48. The standard InChI is InChI=1S/C23H32N2O2/c1-23(2,3)15-18-12-9-13-19(21(18)26)16-24-20(22(27)25(4)5)14-17-10-7-6-8-11-17/h6-13,20,24,26H,14-16H2,1-5H3. The zero-order chi connectivity index (χ0) is 20.0. The van der Waals surface area contributed by atoms with Crippen molar-refractivity contribution >= 4 is 5.91 Å². The lowest BCUT2D eigenvalue weighted by Gasteiger charge is -2.23. The average Bonchev–Trinajstić information content (AvgIpc) is 2.60. The van der Waals surface area contributed by atoms with E-state index >= 15 is 0 Å². The predicted molar refractivity (Wildman–Crippen MR) is 111 cm³/mol. The van der Waals surface area contributed by atoms with Gasteiger partial charge >= 0.3 is 0 Å². The first kappa shape index (κ1) is 21.0. The number of hydrogen-bond acceptors (Lipinski definition) is 3. The summed E-state index contributed by atoms with van der Waals surface area (Å²) in [5, 5.41) is 14.0. The molecule has 2 aromatic carbocycles. The van der Waals surface area contributed by atoms with Gasteiger partial charge in [-0.3, -0.25) is 4.79 Å². The molecule has 0 aliphatic heterocycles. The number of phenolic OH excluding ortho intramolecular Hbond substituents is 1. The van der Waals surface area contributed by atoms with Gasteiger partial charge in [0.1, 0.15) is 5.75 Å². The SMILES string of the molecule is CN(C)C(=O)C(Cc1ccccc1)NCc1cccc(CC(C)(C)C)c1O. The summed E-state index contributed by atoms with van der Waals surface area (Å²) in [5.41, 5.74) is 2.97. The van der Waals surface area contributed by atoms with Crippen molar-refractivity contribution in [3.8, 4) is 5.75 Å². The van der Waals surface area contributed by atoms with Gasteiger partial charge in [-0.2, -0.15) is 0 Å². The maximum absolute atomic E-state index is 12.6. The molecule has 0 aliphatic rings. The second-order valence-electron chi connectivity index (χ2n) is 8.52. The van der Waals surface area contributed by atoms with Gasteiger partial charge < -0.3 is 15.3 Å². The molecule has 0 saturated heterocycles. The zero-order valence-corrected chi connectivity index (χ0v) is 17.1. The van der Waals surface area contributed by atoms with E-state index in [-0.39, 0.29) is 17.4 Å². The fraction of sp³-hybridized carbons (Fsp3) is 0.435. The number of nitrogens with zero attached hydrogens (tertiary/aromatic N) is 1. The summed E-state index contributed by atoms with van der Waals surface area (Å²) in [6.07, 6.45) is 1.41. The molecular formula is C23H32N2O2. The van der Waals surface area contributed by atoms with Gasteiger partial charge in [0.2, 0.25) is 5.91 Å². The lowest BCUT2D eigenvalue weighted by atomic mass is 9.87. The molecule has 1 amide bonds. The number of carbonyl (C=O) groups excluding carboxylic acids is 1. The van der Waals surface area contributed by atoms with Crippen LogP contribution in [0.4, 0.5) is 0 Å². The van der Waals surface area contributed by atoms with Gasteiger partial charge in [0.05, 0.1) is 6.04 Å². The number of likely N-dealkylation sites (N-methyl/N-ethyl adjacent to an activating group) is 1. The number of hydrogen-bond donors (Lipinski definition) is 2. The van der Waals surface area contributed by atoms with E-state index in [0.717, 1.165) is 23.1 Å². The van der Waals surface area contributed by atoms with E-state index < -0.39 is 0 Å². The van der Waals surface area contributed by atoms with E-state index in [2.05, 4.69) is 26.1 Å². The van der Waals surface area contributed by atoms with Crippen LogP contribution in [-0.2, 0) is 24.2 Å². The molecule has 2 aromatic rings. The molecule has 0 fully saturated rings. The van der Waals surface area contributed by atoms with Crippen LogP contribution < -0.4 is 5.32 Å². The Hall–Kier alpha value is -2.33. The fourth-order valence-corrected chi connectivity index (χ4v) is 3.14. The van der Waals surface area contributed by atoms with Crippen LogP contribution in [0.2, 0.25) is 0 Å². The Labute approximate surface area is 163 Å². The van der Waals surface area contributed by atoms with Crippen LogP contribution >= 0.6 is 0 Å². The van der Waals surface area contributed by atoms with Gasteiger partial charge in [0, 0.05) is 26.2 Å². The first-order valence-electron chi connectivity index (χ1n) is 9.45. The molecule has 0 spiro atoms. The Kier molecular flexibility index (Phi) is 7.03. The highest BCUT2D eigenvalue weighted by atomic mass is 16.3. The highest BCUT2D eigenvalue weighted by molar-refractivity contribution is 5.81. The summed E-state index contributed by atoms with van der Waals surface area (Å²) in [5.74, 6) is 0.361. The number of nitrogens with one attached hydrogen (secondary N) is 1. The van der Waals surface area contributed by atoms with E-state index in [4.69, 9.17) is 0 Å². The van der Waals surface area contributed by atoms with Crippen LogP contribution in [-0.4, -0.2) is 36.1 Å². The molecule has 0 saturated carbocycles. The molecular weight excluding hydrogens is 336 g/mol. The Balaban J connectivity index is 2.14. The van der Waals surface area contributed by atoms with Gasteiger partial charge in [-0.15, -0.1) is 0 Å². The summed E-state index contributed by atoms with van der Waals surface area (Å²) < 4.78 is 0. The molecule has 146 valence electrons. The topological polar surface area (TPSA) is 52.6 Å². The normalized spacial score (nSPS) is 12.6. The highest BCUT2D eigenvalue weighted by Crippen LogP contribution is 2.29. The molecule has 0 aromatic heterocycles. The van der Waals surface area contributed by atoms with Gasteiger partial charge in [0.15, 0.2) is 0 Å². The summed E-state index contributed by atoms with van der Waals surface area (Å²) in [7, 11) is 3.53. The highest BCUT2D eigenvalue weighted by Gasteiger charge is 2.21. The third kappa shape index (κ3) is 6.40. The van der Waals surface area contributed by atoms with Crippen LogP contribution in [0, 0.1) is 5.41 Å². The number of amides is 1. The number of phenols is 1. The molecule has 0 aliphatic carbocycles. The van der Waals surface area contributed by atoms with Gasteiger partial charge in [-0.25, -0.2) is 0 Å². The molecule has 1 atom stereocenters. The van der Waals surface area contributed by atoms with Crippen molar-refractivity contribution in [3.05, 3.63) is 65.2 Å². The van der Waals surface area contributed by atoms with Crippen LogP contribution in [0.25, 0.3) is 0 Å². The Bertz CT molecular complexity index is 749. The number of carbonyl (C=O) groups is 1. The number of rotatable bonds is 7. The van der Waals surface area contributed by atoms with E-state index in [1.54, 1.807) is 19.0 Å². The Morgan fingerprint density at radius 1 is 1.04 bits per heavy atom. The van der Waals surface area contributed by atoms with Crippen molar-refractivity contribution in [2.24, 2.45) is 5.41 Å². The predicted octanol–water partition coefficient (Wildman–Crippen LogP) is 3.77. The Morgan fingerprint density at radius 3 is 2.26 bits per heavy atom. The number of benzene rings is 2. The third-order valence-corrected chi connectivity index (χ3v) is 4.48. The summed E-state index contributed by atoms with van der Waals surface area (Å²) in [6.45, 7) is 6.91. The maximum atomic E-state index is 12.6. The fourth-order valence-electron chi connectivity index (χ4n) is 3.14. The Morgan fingerprint density at radius 2 is 1.67 bits per heavy atom.